The molecule has 0 aromatic carbocycles. The van der Waals surface area contributed by atoms with Gasteiger partial charge in [0.05, 0.1) is 13.0 Å². The molecule has 0 saturated heterocycles. The van der Waals surface area contributed by atoms with Crippen LogP contribution in [0.15, 0.2) is 12.1 Å². The van der Waals surface area contributed by atoms with E-state index in [0.717, 1.165) is 4.88 Å². The summed E-state index contributed by atoms with van der Waals surface area (Å²) < 4.78 is 4.76. The van der Waals surface area contributed by atoms with Gasteiger partial charge in [0.15, 0.2) is 0 Å². The highest BCUT2D eigenvalue weighted by molar-refractivity contribution is 7.12. The Bertz CT molecular complexity index is 368. The van der Waals surface area contributed by atoms with E-state index in [2.05, 4.69) is 0 Å². The Morgan fingerprint density at radius 1 is 1.31 bits per heavy atom. The molecule has 0 N–H and O–H groups in total. The lowest BCUT2D eigenvalue weighted by Gasteiger charge is -2.00. The summed E-state index contributed by atoms with van der Waals surface area (Å²) in [6, 6.07) is 3.96. The van der Waals surface area contributed by atoms with Gasteiger partial charge in [-0.1, -0.05) is 0 Å². The topological polar surface area (TPSA) is 43.4 Å². The number of thiophene rings is 1. The smallest absolute Gasteiger partial charge is 0.306 e. The molecule has 1 heterocycles. The fourth-order valence-electron chi connectivity index (χ4n) is 1.34. The summed E-state index contributed by atoms with van der Waals surface area (Å²) >= 11 is 1.62. The zero-order valence-electron chi connectivity index (χ0n) is 9.62. The van der Waals surface area contributed by atoms with Gasteiger partial charge >= 0.3 is 5.97 Å². The van der Waals surface area contributed by atoms with Crippen LogP contribution in [-0.4, -0.2) is 18.4 Å². The van der Waals surface area contributed by atoms with E-state index in [4.69, 9.17) is 4.74 Å². The van der Waals surface area contributed by atoms with Crippen LogP contribution in [0.25, 0.3) is 0 Å². The van der Waals surface area contributed by atoms with Crippen molar-refractivity contribution >= 4 is 23.1 Å². The second-order valence-electron chi connectivity index (χ2n) is 3.53. The molecule has 0 saturated carbocycles. The molecule has 0 aliphatic heterocycles. The molecule has 0 bridgehead atoms. The molecule has 0 spiro atoms. The Morgan fingerprint density at radius 3 is 2.62 bits per heavy atom. The molecule has 0 amide bonds. The number of carbonyl (C=O) groups excluding carboxylic acids is 2. The summed E-state index contributed by atoms with van der Waals surface area (Å²) in [5.41, 5.74) is 0. The first-order valence-corrected chi connectivity index (χ1v) is 6.16. The number of ketones is 1. The van der Waals surface area contributed by atoms with Crippen LogP contribution in [0.2, 0.25) is 0 Å². The number of esters is 1. The largest absolute Gasteiger partial charge is 0.466 e. The van der Waals surface area contributed by atoms with Crippen LogP contribution in [0, 0.1) is 6.92 Å². The minimum Gasteiger partial charge on any atom is -0.466 e. The van der Waals surface area contributed by atoms with Crippen molar-refractivity contribution in [1.82, 2.24) is 0 Å². The lowest BCUT2D eigenvalue weighted by atomic mass is 10.1. The molecule has 0 radical (unpaired) electrons. The highest BCUT2D eigenvalue weighted by Crippen LogP contribution is 2.16. The van der Waals surface area contributed by atoms with Crippen molar-refractivity contribution in [2.24, 2.45) is 0 Å². The van der Waals surface area contributed by atoms with Crippen molar-refractivity contribution in [2.45, 2.75) is 33.1 Å². The summed E-state index contributed by atoms with van der Waals surface area (Å²) in [4.78, 5) is 24.8. The highest BCUT2D eigenvalue weighted by atomic mass is 32.1. The summed E-state index contributed by atoms with van der Waals surface area (Å²) in [7, 11) is 0. The molecule has 1 aromatic heterocycles. The lowest BCUT2D eigenvalue weighted by molar-refractivity contribution is -0.144. The minimum absolute atomic E-state index is 0.0925. The quantitative estimate of drug-likeness (QED) is 0.718. The van der Waals surface area contributed by atoms with Crippen molar-refractivity contribution in [2.75, 3.05) is 6.61 Å². The minimum atomic E-state index is -0.293. The third kappa shape index (κ3) is 4.57. The van der Waals surface area contributed by atoms with Crippen LogP contribution < -0.4 is 0 Å². The maximum atomic E-state index is 11.5. The van der Waals surface area contributed by atoms with Crippen LogP contribution in [0.5, 0.6) is 0 Å². The zero-order valence-corrected chi connectivity index (χ0v) is 10.4. The van der Waals surface area contributed by atoms with Crippen LogP contribution in [0.4, 0.5) is 0 Å². The molecule has 0 unspecified atom stereocenters. The summed E-state index contributed by atoms with van der Waals surface area (Å²) in [6.07, 6.45) is 0.894. The van der Waals surface area contributed by atoms with E-state index < -0.39 is 0 Å². The molecule has 88 valence electrons. The average molecular weight is 240 g/mol. The van der Waals surface area contributed by atoms with E-state index in [9.17, 15) is 9.59 Å². The third-order valence-corrected chi connectivity index (χ3v) is 3.08. The number of hydrogen-bond donors (Lipinski definition) is 0. The van der Waals surface area contributed by atoms with Crippen LogP contribution in [-0.2, 0) is 20.7 Å². The molecule has 16 heavy (non-hydrogen) atoms. The Morgan fingerprint density at radius 2 is 2.06 bits per heavy atom. The number of hydrogen-bond acceptors (Lipinski definition) is 4. The zero-order chi connectivity index (χ0) is 12.0. The Balaban J connectivity index is 2.28. The number of ether oxygens (including phenoxy) is 1. The van der Waals surface area contributed by atoms with Gasteiger partial charge in [0.1, 0.15) is 5.78 Å². The number of aryl methyl sites for hydroxylation is 1. The fourth-order valence-corrected chi connectivity index (χ4v) is 2.26. The maximum absolute atomic E-state index is 11.5. The molecular formula is C12H16O3S. The third-order valence-electron chi connectivity index (χ3n) is 2.08. The number of carbonyl (C=O) groups is 2. The molecule has 0 fully saturated rings. The molecule has 0 aliphatic carbocycles. The van der Waals surface area contributed by atoms with Crippen molar-refractivity contribution in [3.05, 3.63) is 21.9 Å². The van der Waals surface area contributed by atoms with E-state index in [1.165, 1.54) is 4.88 Å². The van der Waals surface area contributed by atoms with Gasteiger partial charge in [0, 0.05) is 22.6 Å². The molecular weight excluding hydrogens is 224 g/mol. The van der Waals surface area contributed by atoms with Gasteiger partial charge in [-0.15, -0.1) is 11.3 Å². The van der Waals surface area contributed by atoms with Crippen molar-refractivity contribution < 1.29 is 14.3 Å². The van der Waals surface area contributed by atoms with Crippen molar-refractivity contribution in [1.29, 1.82) is 0 Å². The number of rotatable bonds is 6. The Hall–Kier alpha value is -1.16. The maximum Gasteiger partial charge on any atom is 0.306 e. The normalized spacial score (nSPS) is 10.1. The second kappa shape index (κ2) is 6.43. The molecule has 0 atom stereocenters. The molecule has 0 aliphatic rings. The first-order chi connectivity index (χ1) is 7.61. The fraction of sp³-hybridized carbons (Fsp3) is 0.500. The predicted octanol–water partition coefficient (Wildman–Crippen LogP) is 2.51. The van der Waals surface area contributed by atoms with Gasteiger partial charge in [-0.25, -0.2) is 0 Å². The van der Waals surface area contributed by atoms with Crippen LogP contribution >= 0.6 is 11.3 Å². The average Bonchev–Trinajstić information content (AvgIpc) is 2.61. The van der Waals surface area contributed by atoms with Crippen molar-refractivity contribution in [3.63, 3.8) is 0 Å². The van der Waals surface area contributed by atoms with Crippen LogP contribution in [0.1, 0.15) is 29.5 Å². The first-order valence-electron chi connectivity index (χ1n) is 5.34. The monoisotopic (exact) mass is 240 g/mol. The van der Waals surface area contributed by atoms with Gasteiger partial charge in [-0.3, -0.25) is 9.59 Å². The summed E-state index contributed by atoms with van der Waals surface area (Å²) in [5, 5.41) is 0. The van der Waals surface area contributed by atoms with Crippen LogP contribution in [0.3, 0.4) is 0 Å². The lowest BCUT2D eigenvalue weighted by Crippen LogP contribution is -2.08. The predicted molar refractivity (Wildman–Crippen MR) is 63.6 cm³/mol. The van der Waals surface area contributed by atoms with Crippen molar-refractivity contribution in [3.8, 4) is 0 Å². The standard InChI is InChI=1S/C12H16O3S/c1-3-15-12(14)7-5-10(13)8-11-6-4-9(2)16-11/h4,6H,3,5,7-8H2,1-2H3. The van der Waals surface area contributed by atoms with E-state index >= 15 is 0 Å². The van der Waals surface area contributed by atoms with Gasteiger partial charge in [0.2, 0.25) is 0 Å². The van der Waals surface area contributed by atoms with Gasteiger partial charge in [-0.2, -0.15) is 0 Å². The second-order valence-corrected chi connectivity index (χ2v) is 4.91. The first kappa shape index (κ1) is 12.9. The van der Waals surface area contributed by atoms with Gasteiger partial charge < -0.3 is 4.74 Å². The Kier molecular flexibility index (Phi) is 5.19. The van der Waals surface area contributed by atoms with E-state index in [1.807, 2.05) is 19.1 Å². The Labute approximate surface area is 99.4 Å². The summed E-state index contributed by atoms with van der Waals surface area (Å²) in [6.45, 7) is 4.14. The van der Waals surface area contributed by atoms with E-state index in [1.54, 1.807) is 18.3 Å². The van der Waals surface area contributed by atoms with Gasteiger partial charge in [0.25, 0.3) is 0 Å². The molecule has 3 nitrogen and oxygen atoms in total. The summed E-state index contributed by atoms with van der Waals surface area (Å²) in [5.74, 6) is -0.201. The van der Waals surface area contributed by atoms with E-state index in [0.29, 0.717) is 13.0 Å². The van der Waals surface area contributed by atoms with E-state index in [-0.39, 0.29) is 24.6 Å². The van der Waals surface area contributed by atoms with Gasteiger partial charge in [-0.05, 0) is 26.0 Å². The SMILES string of the molecule is CCOC(=O)CCC(=O)Cc1ccc(C)s1. The molecule has 1 rings (SSSR count). The number of Topliss-reactive ketones (excluding diaryl/α,β-unsaturated/α-hetero) is 1. The highest BCUT2D eigenvalue weighted by Gasteiger charge is 2.09. The molecule has 4 heteroatoms. The molecule has 1 aromatic rings.